The summed E-state index contributed by atoms with van der Waals surface area (Å²) in [5.41, 5.74) is 0.0693. The summed E-state index contributed by atoms with van der Waals surface area (Å²) < 4.78 is 8.20. The summed E-state index contributed by atoms with van der Waals surface area (Å²) in [6.45, 7) is 12.6. The Labute approximate surface area is 150 Å². The van der Waals surface area contributed by atoms with E-state index in [1.54, 1.807) is 0 Å². The molecule has 5 nitrogen and oxygen atoms in total. The number of ether oxygens (including phenoxy) is 1. The third-order valence-corrected chi connectivity index (χ3v) is 6.58. The van der Waals surface area contributed by atoms with Gasteiger partial charge in [0, 0.05) is 30.9 Å². The molecule has 2 saturated heterocycles. The van der Waals surface area contributed by atoms with E-state index in [4.69, 9.17) is 4.74 Å². The highest BCUT2D eigenvalue weighted by molar-refractivity contribution is 5.81. The Morgan fingerprint density at radius 2 is 2.00 bits per heavy atom. The van der Waals surface area contributed by atoms with Gasteiger partial charge in [0.05, 0.1) is 24.2 Å². The predicted molar refractivity (Wildman–Crippen MR) is 95.8 cm³/mol. The van der Waals surface area contributed by atoms with Gasteiger partial charge >= 0.3 is 0 Å². The number of rotatable bonds is 4. The molecule has 0 bridgehead atoms. The molecule has 5 unspecified atom stereocenters. The van der Waals surface area contributed by atoms with E-state index < -0.39 is 0 Å². The SMILES string of the molecule is CC1OC(C)C(C(=O)N2CC(C)(C)C2c2nccn2CC2CC2)C1C. The van der Waals surface area contributed by atoms with Crippen molar-refractivity contribution in [2.24, 2.45) is 23.2 Å². The maximum atomic E-state index is 13.3. The third-order valence-electron chi connectivity index (χ3n) is 6.58. The van der Waals surface area contributed by atoms with E-state index in [1.165, 1.54) is 12.8 Å². The number of aromatic nitrogens is 2. The molecule has 1 aromatic rings. The van der Waals surface area contributed by atoms with Crippen molar-refractivity contribution in [3.63, 3.8) is 0 Å². The number of carbonyl (C=O) groups is 1. The summed E-state index contributed by atoms with van der Waals surface area (Å²) >= 11 is 0. The zero-order valence-corrected chi connectivity index (χ0v) is 16.1. The topological polar surface area (TPSA) is 47.4 Å². The number of hydrogen-bond donors (Lipinski definition) is 0. The zero-order valence-electron chi connectivity index (χ0n) is 16.1. The molecule has 0 N–H and O–H groups in total. The first kappa shape index (κ1) is 17.1. The summed E-state index contributed by atoms with van der Waals surface area (Å²) in [5.74, 6) is 2.32. The number of likely N-dealkylation sites (tertiary alicyclic amines) is 1. The van der Waals surface area contributed by atoms with Gasteiger partial charge < -0.3 is 14.2 Å². The van der Waals surface area contributed by atoms with Crippen molar-refractivity contribution in [2.75, 3.05) is 6.54 Å². The highest BCUT2D eigenvalue weighted by Crippen LogP contribution is 2.50. The number of hydrogen-bond acceptors (Lipinski definition) is 3. The molecule has 1 aromatic heterocycles. The second-order valence-electron chi connectivity index (χ2n) is 9.17. The minimum atomic E-state index is -0.0413. The number of nitrogens with zero attached hydrogens (tertiary/aromatic N) is 3. The van der Waals surface area contributed by atoms with Crippen molar-refractivity contribution in [1.29, 1.82) is 0 Å². The first-order valence-corrected chi connectivity index (χ1v) is 9.76. The van der Waals surface area contributed by atoms with Gasteiger partial charge in [-0.05, 0) is 38.5 Å². The van der Waals surface area contributed by atoms with Crippen molar-refractivity contribution < 1.29 is 9.53 Å². The molecule has 0 spiro atoms. The van der Waals surface area contributed by atoms with Crippen LogP contribution in [0.3, 0.4) is 0 Å². The molecule has 4 rings (SSSR count). The van der Waals surface area contributed by atoms with Crippen molar-refractivity contribution in [3.05, 3.63) is 18.2 Å². The van der Waals surface area contributed by atoms with Crippen LogP contribution in [0, 0.1) is 23.2 Å². The lowest BCUT2D eigenvalue weighted by molar-refractivity contribution is -0.160. The predicted octanol–water partition coefficient (Wildman–Crippen LogP) is 3.26. The van der Waals surface area contributed by atoms with Crippen LogP contribution in [0.4, 0.5) is 0 Å². The van der Waals surface area contributed by atoms with Crippen LogP contribution in [-0.2, 0) is 16.1 Å². The Bertz CT molecular complexity index is 664. The first-order chi connectivity index (χ1) is 11.8. The fourth-order valence-corrected chi connectivity index (χ4v) is 4.81. The minimum absolute atomic E-state index is 0.00642. The smallest absolute Gasteiger partial charge is 0.229 e. The average Bonchev–Trinajstić information content (AvgIpc) is 3.17. The van der Waals surface area contributed by atoms with E-state index in [9.17, 15) is 4.79 Å². The van der Waals surface area contributed by atoms with Crippen molar-refractivity contribution in [3.8, 4) is 0 Å². The molecule has 5 atom stereocenters. The fraction of sp³-hybridized carbons (Fsp3) is 0.800. The lowest BCUT2D eigenvalue weighted by Crippen LogP contribution is -2.60. The fourth-order valence-electron chi connectivity index (χ4n) is 4.81. The van der Waals surface area contributed by atoms with E-state index in [-0.39, 0.29) is 41.4 Å². The largest absolute Gasteiger partial charge is 0.374 e. The minimum Gasteiger partial charge on any atom is -0.374 e. The monoisotopic (exact) mass is 345 g/mol. The van der Waals surface area contributed by atoms with Gasteiger partial charge in [0.1, 0.15) is 5.82 Å². The average molecular weight is 345 g/mol. The van der Waals surface area contributed by atoms with E-state index >= 15 is 0 Å². The van der Waals surface area contributed by atoms with Crippen LogP contribution < -0.4 is 0 Å². The second kappa shape index (κ2) is 5.83. The Morgan fingerprint density at radius 3 is 2.56 bits per heavy atom. The van der Waals surface area contributed by atoms with Crippen LogP contribution >= 0.6 is 0 Å². The van der Waals surface area contributed by atoms with Gasteiger partial charge in [-0.3, -0.25) is 4.79 Å². The molecule has 3 fully saturated rings. The van der Waals surface area contributed by atoms with Gasteiger partial charge in [-0.25, -0.2) is 4.98 Å². The quantitative estimate of drug-likeness (QED) is 0.841. The Kier molecular flexibility index (Phi) is 3.98. The van der Waals surface area contributed by atoms with Crippen LogP contribution in [0.25, 0.3) is 0 Å². The Morgan fingerprint density at radius 1 is 1.28 bits per heavy atom. The number of carbonyl (C=O) groups excluding carboxylic acids is 1. The van der Waals surface area contributed by atoms with Crippen LogP contribution in [0.2, 0.25) is 0 Å². The third kappa shape index (κ3) is 2.80. The maximum Gasteiger partial charge on any atom is 0.229 e. The molecular formula is C20H31N3O2. The zero-order chi connectivity index (χ0) is 17.9. The normalized spacial score (nSPS) is 37.2. The molecule has 2 aliphatic heterocycles. The molecule has 25 heavy (non-hydrogen) atoms. The molecule has 0 radical (unpaired) electrons. The van der Waals surface area contributed by atoms with Gasteiger partial charge in [-0.1, -0.05) is 20.8 Å². The molecule has 1 saturated carbocycles. The van der Waals surface area contributed by atoms with Crippen molar-refractivity contribution in [2.45, 2.75) is 72.3 Å². The summed E-state index contributed by atoms with van der Waals surface area (Å²) in [6, 6.07) is 0.0732. The van der Waals surface area contributed by atoms with Gasteiger partial charge in [0.2, 0.25) is 5.91 Å². The van der Waals surface area contributed by atoms with Crippen molar-refractivity contribution >= 4 is 5.91 Å². The van der Waals surface area contributed by atoms with Crippen LogP contribution in [0.1, 0.15) is 59.3 Å². The molecule has 3 aliphatic rings. The van der Waals surface area contributed by atoms with Crippen LogP contribution in [-0.4, -0.2) is 39.1 Å². The first-order valence-electron chi connectivity index (χ1n) is 9.76. The second-order valence-corrected chi connectivity index (χ2v) is 9.17. The van der Waals surface area contributed by atoms with Gasteiger partial charge in [0.25, 0.3) is 0 Å². The number of amides is 1. The molecule has 1 aliphatic carbocycles. The van der Waals surface area contributed by atoms with Gasteiger partial charge in [0.15, 0.2) is 0 Å². The van der Waals surface area contributed by atoms with Crippen LogP contribution in [0.15, 0.2) is 12.4 Å². The van der Waals surface area contributed by atoms with Crippen molar-refractivity contribution in [1.82, 2.24) is 14.5 Å². The van der Waals surface area contributed by atoms with E-state index in [0.717, 1.165) is 24.8 Å². The van der Waals surface area contributed by atoms with Gasteiger partial charge in [-0.15, -0.1) is 0 Å². The molecule has 3 heterocycles. The Hall–Kier alpha value is -1.36. The number of imidazole rings is 1. The Balaban J connectivity index is 1.58. The highest BCUT2D eigenvalue weighted by atomic mass is 16.5. The summed E-state index contributed by atoms with van der Waals surface area (Å²) in [6.07, 6.45) is 6.75. The molecule has 138 valence electrons. The standard InChI is InChI=1S/C20H31N3O2/c1-12-13(2)25-14(3)16(12)19(24)23-11-20(4,5)17(23)18-21-8-9-22(18)10-15-6-7-15/h8-9,12-17H,6-7,10-11H2,1-5H3. The molecule has 5 heteroatoms. The van der Waals surface area contributed by atoms with E-state index in [0.29, 0.717) is 0 Å². The molecule has 1 amide bonds. The lowest BCUT2D eigenvalue weighted by Gasteiger charge is -2.54. The molecule has 0 aromatic carbocycles. The van der Waals surface area contributed by atoms with E-state index in [2.05, 4.69) is 48.3 Å². The lowest BCUT2D eigenvalue weighted by atomic mass is 9.72. The van der Waals surface area contributed by atoms with E-state index in [1.807, 2.05) is 13.1 Å². The summed E-state index contributed by atoms with van der Waals surface area (Å²) in [4.78, 5) is 20.1. The van der Waals surface area contributed by atoms with Gasteiger partial charge in [-0.2, -0.15) is 0 Å². The summed E-state index contributed by atoms with van der Waals surface area (Å²) in [5, 5.41) is 0. The van der Waals surface area contributed by atoms with Crippen LogP contribution in [0.5, 0.6) is 0 Å². The maximum absolute atomic E-state index is 13.3. The summed E-state index contributed by atoms with van der Waals surface area (Å²) in [7, 11) is 0. The highest BCUT2D eigenvalue weighted by Gasteiger charge is 2.54. The molecular weight excluding hydrogens is 314 g/mol.